The molecular formula is C26H27ClN6O. The van der Waals surface area contributed by atoms with Crippen molar-refractivity contribution in [3.63, 3.8) is 0 Å². The summed E-state index contributed by atoms with van der Waals surface area (Å²) in [4.78, 5) is 26.3. The summed E-state index contributed by atoms with van der Waals surface area (Å²) in [6, 6.07) is 19.5. The SMILES string of the molecule is Cc1ccc(-c2nc3cccnc3n2CCN2CCN(C(=O)Nc3ccc(Cl)cc3)CC2)cc1. The first-order valence-electron chi connectivity index (χ1n) is 11.5. The number of urea groups is 1. The lowest BCUT2D eigenvalue weighted by Gasteiger charge is -2.34. The number of benzene rings is 2. The molecule has 0 unspecified atom stereocenters. The maximum atomic E-state index is 12.6. The molecule has 0 spiro atoms. The van der Waals surface area contributed by atoms with Crippen LogP contribution in [0.2, 0.25) is 5.02 Å². The van der Waals surface area contributed by atoms with Gasteiger partial charge >= 0.3 is 6.03 Å². The smallest absolute Gasteiger partial charge is 0.321 e. The van der Waals surface area contributed by atoms with Gasteiger partial charge in [0.1, 0.15) is 11.3 Å². The first-order chi connectivity index (χ1) is 16.6. The van der Waals surface area contributed by atoms with Gasteiger partial charge in [0.2, 0.25) is 0 Å². The molecule has 34 heavy (non-hydrogen) atoms. The highest BCUT2D eigenvalue weighted by atomic mass is 35.5. The van der Waals surface area contributed by atoms with E-state index >= 15 is 0 Å². The van der Waals surface area contributed by atoms with Gasteiger partial charge in [-0.1, -0.05) is 41.4 Å². The highest BCUT2D eigenvalue weighted by Crippen LogP contribution is 2.24. The second-order valence-electron chi connectivity index (χ2n) is 8.56. The molecule has 174 valence electrons. The minimum Gasteiger partial charge on any atom is -0.322 e. The molecule has 2 amide bonds. The summed E-state index contributed by atoms with van der Waals surface area (Å²) in [5, 5.41) is 3.60. The normalized spacial score (nSPS) is 14.5. The Balaban J connectivity index is 1.23. The summed E-state index contributed by atoms with van der Waals surface area (Å²) in [5.41, 5.74) is 4.87. The van der Waals surface area contributed by atoms with E-state index in [9.17, 15) is 4.79 Å². The van der Waals surface area contributed by atoms with Gasteiger partial charge in [-0.15, -0.1) is 0 Å². The first-order valence-corrected chi connectivity index (χ1v) is 11.9. The number of piperazine rings is 1. The van der Waals surface area contributed by atoms with Gasteiger partial charge in [0.25, 0.3) is 0 Å². The number of anilines is 1. The van der Waals surface area contributed by atoms with Crippen LogP contribution in [0.3, 0.4) is 0 Å². The standard InChI is InChI=1S/C26H27ClN6O/c1-19-4-6-20(7-5-19)24-30-23-3-2-12-28-25(23)33(24)18-15-31-13-16-32(17-14-31)26(34)29-22-10-8-21(27)9-11-22/h2-12H,13-18H2,1H3,(H,29,34). The van der Waals surface area contributed by atoms with Crippen molar-refractivity contribution in [1.29, 1.82) is 0 Å². The molecule has 2 aromatic carbocycles. The Morgan fingerprint density at radius 3 is 2.44 bits per heavy atom. The van der Waals surface area contributed by atoms with Gasteiger partial charge in [-0.2, -0.15) is 0 Å². The van der Waals surface area contributed by atoms with Crippen molar-refractivity contribution >= 4 is 34.5 Å². The lowest BCUT2D eigenvalue weighted by molar-refractivity contribution is 0.145. The fourth-order valence-electron chi connectivity index (χ4n) is 4.25. The molecule has 0 radical (unpaired) electrons. The maximum absolute atomic E-state index is 12.6. The number of nitrogens with one attached hydrogen (secondary N) is 1. The Hall–Kier alpha value is -3.42. The maximum Gasteiger partial charge on any atom is 0.321 e. The van der Waals surface area contributed by atoms with Gasteiger partial charge in [0.05, 0.1) is 0 Å². The van der Waals surface area contributed by atoms with E-state index in [1.54, 1.807) is 12.1 Å². The van der Waals surface area contributed by atoms with Crippen LogP contribution in [0.1, 0.15) is 5.56 Å². The van der Waals surface area contributed by atoms with Crippen LogP contribution in [-0.2, 0) is 6.54 Å². The molecule has 0 saturated carbocycles. The molecule has 1 fully saturated rings. The van der Waals surface area contributed by atoms with Crippen molar-refractivity contribution < 1.29 is 4.79 Å². The van der Waals surface area contributed by atoms with Crippen LogP contribution in [0.15, 0.2) is 66.9 Å². The first kappa shape index (κ1) is 22.4. The van der Waals surface area contributed by atoms with Crippen molar-refractivity contribution in [2.75, 3.05) is 38.0 Å². The number of carbonyl (C=O) groups excluding carboxylic acids is 1. The fraction of sp³-hybridized carbons (Fsp3) is 0.269. The Bertz CT molecular complexity index is 1280. The largest absolute Gasteiger partial charge is 0.322 e. The Morgan fingerprint density at radius 2 is 1.71 bits per heavy atom. The number of imidazole rings is 1. The molecule has 2 aromatic heterocycles. The highest BCUT2D eigenvalue weighted by Gasteiger charge is 2.22. The molecule has 1 saturated heterocycles. The number of aryl methyl sites for hydroxylation is 1. The highest BCUT2D eigenvalue weighted by molar-refractivity contribution is 6.30. The number of aromatic nitrogens is 3. The third-order valence-electron chi connectivity index (χ3n) is 6.21. The minimum absolute atomic E-state index is 0.0755. The predicted octanol–water partition coefficient (Wildman–Crippen LogP) is 4.91. The lowest BCUT2D eigenvalue weighted by atomic mass is 10.1. The molecule has 0 aliphatic carbocycles. The number of pyridine rings is 1. The third kappa shape index (κ3) is 4.90. The zero-order chi connectivity index (χ0) is 23.5. The molecule has 0 bridgehead atoms. The molecule has 5 rings (SSSR count). The van der Waals surface area contributed by atoms with E-state index in [2.05, 4.69) is 51.0 Å². The van der Waals surface area contributed by atoms with Crippen molar-refractivity contribution in [3.05, 3.63) is 77.4 Å². The second kappa shape index (κ2) is 9.83. The van der Waals surface area contributed by atoms with Gasteiger partial charge in [-0.3, -0.25) is 4.90 Å². The lowest BCUT2D eigenvalue weighted by Crippen LogP contribution is -2.50. The molecule has 1 aliphatic heterocycles. The van der Waals surface area contributed by atoms with Crippen LogP contribution < -0.4 is 5.32 Å². The molecule has 1 aliphatic rings. The summed E-state index contributed by atoms with van der Waals surface area (Å²) in [6.07, 6.45) is 1.82. The molecule has 7 nitrogen and oxygen atoms in total. The molecule has 1 N–H and O–H groups in total. The van der Waals surface area contributed by atoms with Crippen LogP contribution in [0.5, 0.6) is 0 Å². The zero-order valence-electron chi connectivity index (χ0n) is 19.1. The van der Waals surface area contributed by atoms with E-state index in [1.165, 1.54) is 5.56 Å². The van der Waals surface area contributed by atoms with Crippen molar-refractivity contribution in [2.45, 2.75) is 13.5 Å². The monoisotopic (exact) mass is 474 g/mol. The number of rotatable bonds is 5. The van der Waals surface area contributed by atoms with Gasteiger partial charge in [-0.25, -0.2) is 14.8 Å². The number of amides is 2. The molecule has 3 heterocycles. The summed E-state index contributed by atoms with van der Waals surface area (Å²) in [5.74, 6) is 0.940. The third-order valence-corrected chi connectivity index (χ3v) is 6.46. The van der Waals surface area contributed by atoms with E-state index in [0.29, 0.717) is 18.1 Å². The molecule has 4 aromatic rings. The average Bonchev–Trinajstić information content (AvgIpc) is 3.23. The van der Waals surface area contributed by atoms with Crippen LogP contribution in [0, 0.1) is 6.92 Å². The van der Waals surface area contributed by atoms with E-state index in [0.717, 1.165) is 54.4 Å². The van der Waals surface area contributed by atoms with Crippen LogP contribution >= 0.6 is 11.6 Å². The number of hydrogen-bond acceptors (Lipinski definition) is 4. The van der Waals surface area contributed by atoms with E-state index in [4.69, 9.17) is 16.6 Å². The molecule has 8 heteroatoms. The number of fused-ring (bicyclic) bond motifs is 1. The number of carbonyl (C=O) groups is 1. The Labute approximate surface area is 204 Å². The van der Waals surface area contributed by atoms with Crippen LogP contribution in [0.25, 0.3) is 22.6 Å². The Morgan fingerprint density at radius 1 is 0.971 bits per heavy atom. The Kier molecular flexibility index (Phi) is 6.47. The second-order valence-corrected chi connectivity index (χ2v) is 9.00. The van der Waals surface area contributed by atoms with Crippen molar-refractivity contribution in [1.82, 2.24) is 24.3 Å². The van der Waals surface area contributed by atoms with Gasteiger partial charge < -0.3 is 14.8 Å². The minimum atomic E-state index is -0.0755. The van der Waals surface area contributed by atoms with Crippen LogP contribution in [-0.4, -0.2) is 63.1 Å². The summed E-state index contributed by atoms with van der Waals surface area (Å²) < 4.78 is 2.21. The fourth-order valence-corrected chi connectivity index (χ4v) is 4.37. The molecular weight excluding hydrogens is 448 g/mol. The van der Waals surface area contributed by atoms with E-state index in [-0.39, 0.29) is 6.03 Å². The van der Waals surface area contributed by atoms with Crippen molar-refractivity contribution in [3.8, 4) is 11.4 Å². The summed E-state index contributed by atoms with van der Waals surface area (Å²) in [7, 11) is 0. The van der Waals surface area contributed by atoms with Crippen molar-refractivity contribution in [2.24, 2.45) is 0 Å². The average molecular weight is 475 g/mol. The van der Waals surface area contributed by atoms with Gasteiger partial charge in [-0.05, 0) is 43.3 Å². The molecule has 0 atom stereocenters. The summed E-state index contributed by atoms with van der Waals surface area (Å²) >= 11 is 5.92. The predicted molar refractivity (Wildman–Crippen MR) is 136 cm³/mol. The number of nitrogens with zero attached hydrogens (tertiary/aromatic N) is 5. The van der Waals surface area contributed by atoms with E-state index < -0.39 is 0 Å². The van der Waals surface area contributed by atoms with E-state index in [1.807, 2.05) is 35.4 Å². The number of halogens is 1. The topological polar surface area (TPSA) is 66.3 Å². The number of hydrogen-bond donors (Lipinski definition) is 1. The quantitative estimate of drug-likeness (QED) is 0.446. The van der Waals surface area contributed by atoms with Gasteiger partial charge in [0.15, 0.2) is 5.65 Å². The van der Waals surface area contributed by atoms with Crippen LogP contribution in [0.4, 0.5) is 10.5 Å². The van der Waals surface area contributed by atoms with Gasteiger partial charge in [0, 0.05) is 61.7 Å². The zero-order valence-corrected chi connectivity index (χ0v) is 19.9. The summed E-state index contributed by atoms with van der Waals surface area (Å²) in [6.45, 7) is 6.77.